The first-order valence-corrected chi connectivity index (χ1v) is 11.3. The molecule has 0 N–H and O–H groups in total. The van der Waals surface area contributed by atoms with Crippen LogP contribution in [0.1, 0.15) is 66.0 Å². The molecule has 0 bridgehead atoms. The Balaban J connectivity index is 1.80. The molecule has 31 heavy (non-hydrogen) atoms. The second-order valence-electron chi connectivity index (χ2n) is 10.6. The molecular formula is C27H38O4. The normalized spacial score (nSPS) is 18.2. The van der Waals surface area contributed by atoms with Crippen LogP contribution in [0.15, 0.2) is 36.4 Å². The van der Waals surface area contributed by atoms with Crippen molar-refractivity contribution in [2.24, 2.45) is 5.92 Å². The second-order valence-corrected chi connectivity index (χ2v) is 10.6. The van der Waals surface area contributed by atoms with Crippen LogP contribution in [-0.2, 0) is 10.8 Å². The maximum absolute atomic E-state index is 6.20. The van der Waals surface area contributed by atoms with Crippen molar-refractivity contribution >= 4 is 0 Å². The summed E-state index contributed by atoms with van der Waals surface area (Å²) in [5.41, 5.74) is 2.56. The Labute approximate surface area is 187 Å². The fourth-order valence-corrected chi connectivity index (χ4v) is 3.35. The van der Waals surface area contributed by atoms with E-state index in [1.165, 1.54) is 11.1 Å². The molecule has 0 radical (unpaired) electrons. The summed E-state index contributed by atoms with van der Waals surface area (Å²) in [5.74, 6) is 3.38. The molecule has 1 aliphatic heterocycles. The van der Waals surface area contributed by atoms with Crippen molar-refractivity contribution in [1.29, 1.82) is 0 Å². The molecule has 0 aliphatic carbocycles. The monoisotopic (exact) mass is 426 g/mol. The number of rotatable bonds is 0. The molecule has 4 heteroatoms. The predicted octanol–water partition coefficient (Wildman–Crippen LogP) is 6.54. The van der Waals surface area contributed by atoms with Crippen LogP contribution in [-0.4, -0.2) is 26.4 Å². The van der Waals surface area contributed by atoms with Gasteiger partial charge >= 0.3 is 0 Å². The highest BCUT2D eigenvalue weighted by Gasteiger charge is 2.20. The number of ether oxygens (including phenoxy) is 4. The van der Waals surface area contributed by atoms with E-state index in [0.29, 0.717) is 26.4 Å². The first-order chi connectivity index (χ1) is 14.5. The van der Waals surface area contributed by atoms with Crippen LogP contribution in [0.5, 0.6) is 23.0 Å². The van der Waals surface area contributed by atoms with Gasteiger partial charge in [0.2, 0.25) is 0 Å². The van der Waals surface area contributed by atoms with Gasteiger partial charge in [0.1, 0.15) is 0 Å². The third-order valence-electron chi connectivity index (χ3n) is 5.47. The molecule has 0 fully saturated rings. The van der Waals surface area contributed by atoms with E-state index < -0.39 is 0 Å². The van der Waals surface area contributed by atoms with Gasteiger partial charge in [0.05, 0.1) is 26.4 Å². The van der Waals surface area contributed by atoms with Crippen LogP contribution in [0.25, 0.3) is 0 Å². The molecule has 2 aromatic rings. The average molecular weight is 427 g/mol. The molecule has 1 heterocycles. The van der Waals surface area contributed by atoms with Gasteiger partial charge in [0.25, 0.3) is 0 Å². The minimum Gasteiger partial charge on any atom is -0.490 e. The highest BCUT2D eigenvalue weighted by atomic mass is 16.5. The molecule has 4 nitrogen and oxygen atoms in total. The van der Waals surface area contributed by atoms with Gasteiger partial charge in [-0.25, -0.2) is 0 Å². The third-order valence-corrected chi connectivity index (χ3v) is 5.47. The van der Waals surface area contributed by atoms with E-state index in [2.05, 4.69) is 72.7 Å². The molecule has 0 saturated heterocycles. The van der Waals surface area contributed by atoms with Crippen LogP contribution < -0.4 is 18.9 Å². The Kier molecular flexibility index (Phi) is 7.08. The fourth-order valence-electron chi connectivity index (χ4n) is 3.35. The van der Waals surface area contributed by atoms with Crippen molar-refractivity contribution in [2.45, 2.75) is 65.7 Å². The lowest BCUT2D eigenvalue weighted by Crippen LogP contribution is -2.19. The van der Waals surface area contributed by atoms with Gasteiger partial charge in [-0.1, -0.05) is 60.6 Å². The van der Waals surface area contributed by atoms with E-state index in [0.717, 1.165) is 29.4 Å². The van der Waals surface area contributed by atoms with Gasteiger partial charge in [-0.15, -0.1) is 0 Å². The van der Waals surface area contributed by atoms with Gasteiger partial charge < -0.3 is 18.9 Å². The van der Waals surface area contributed by atoms with E-state index in [1.54, 1.807) is 0 Å². The van der Waals surface area contributed by atoms with Crippen LogP contribution >= 0.6 is 0 Å². The third kappa shape index (κ3) is 6.32. The maximum Gasteiger partial charge on any atom is 0.161 e. The zero-order valence-electron chi connectivity index (χ0n) is 20.2. The molecule has 0 aromatic heterocycles. The molecular weight excluding hydrogens is 388 g/mol. The predicted molar refractivity (Wildman–Crippen MR) is 126 cm³/mol. The second kappa shape index (κ2) is 9.42. The summed E-state index contributed by atoms with van der Waals surface area (Å²) in [7, 11) is 0. The van der Waals surface area contributed by atoms with Gasteiger partial charge in [0, 0.05) is 12.3 Å². The van der Waals surface area contributed by atoms with Gasteiger partial charge in [-0.05, 0) is 46.2 Å². The summed E-state index contributed by atoms with van der Waals surface area (Å²) >= 11 is 0. The Bertz CT molecular complexity index is 874. The van der Waals surface area contributed by atoms with E-state index in [4.69, 9.17) is 18.9 Å². The number of hydrogen-bond acceptors (Lipinski definition) is 4. The molecule has 0 spiro atoms. The minimum atomic E-state index is 0.0513. The summed E-state index contributed by atoms with van der Waals surface area (Å²) < 4.78 is 24.5. The standard InChI is InChI=1S/C27H38O4/c1-19-17-30-23-12-10-20(26(2,3)4)15-24(23)29-14-8-13-28-22-11-9-21(27(5,6)7)16-25(22)31-18-19/h9-12,15-16,19H,8,13-14,17-18H2,1-7H3. The van der Waals surface area contributed by atoms with E-state index in [1.807, 2.05) is 12.1 Å². The van der Waals surface area contributed by atoms with Crippen molar-refractivity contribution in [1.82, 2.24) is 0 Å². The Morgan fingerprint density at radius 2 is 1.03 bits per heavy atom. The Morgan fingerprint density at radius 1 is 0.613 bits per heavy atom. The van der Waals surface area contributed by atoms with Crippen molar-refractivity contribution in [2.75, 3.05) is 26.4 Å². The molecule has 3 rings (SSSR count). The first-order valence-electron chi connectivity index (χ1n) is 11.3. The summed E-state index contributed by atoms with van der Waals surface area (Å²) in [6.07, 6.45) is 0.774. The largest absolute Gasteiger partial charge is 0.490 e. The van der Waals surface area contributed by atoms with Crippen molar-refractivity contribution in [3.05, 3.63) is 47.5 Å². The smallest absolute Gasteiger partial charge is 0.161 e. The quantitative estimate of drug-likeness (QED) is 0.479. The van der Waals surface area contributed by atoms with Crippen LogP contribution in [0.3, 0.4) is 0 Å². The highest BCUT2D eigenvalue weighted by molar-refractivity contribution is 5.46. The molecule has 1 atom stereocenters. The van der Waals surface area contributed by atoms with Crippen LogP contribution in [0, 0.1) is 5.92 Å². The molecule has 170 valence electrons. The van der Waals surface area contributed by atoms with Gasteiger partial charge in [-0.2, -0.15) is 0 Å². The lowest BCUT2D eigenvalue weighted by molar-refractivity contribution is 0.168. The van der Waals surface area contributed by atoms with Crippen molar-refractivity contribution in [3.8, 4) is 23.0 Å². The molecule has 0 amide bonds. The number of fused-ring (bicyclic) bond motifs is 2. The zero-order valence-corrected chi connectivity index (χ0v) is 20.2. The zero-order chi connectivity index (χ0) is 22.6. The van der Waals surface area contributed by atoms with E-state index in [9.17, 15) is 0 Å². The topological polar surface area (TPSA) is 36.9 Å². The van der Waals surface area contributed by atoms with Gasteiger partial charge in [0.15, 0.2) is 23.0 Å². The van der Waals surface area contributed by atoms with Crippen molar-refractivity contribution in [3.63, 3.8) is 0 Å². The maximum atomic E-state index is 6.20. The summed E-state index contributed by atoms with van der Waals surface area (Å²) in [6, 6.07) is 12.5. The lowest BCUT2D eigenvalue weighted by Gasteiger charge is -2.24. The summed E-state index contributed by atoms with van der Waals surface area (Å²) in [6.45, 7) is 17.6. The van der Waals surface area contributed by atoms with Crippen LogP contribution in [0.4, 0.5) is 0 Å². The van der Waals surface area contributed by atoms with Crippen molar-refractivity contribution < 1.29 is 18.9 Å². The minimum absolute atomic E-state index is 0.0513. The van der Waals surface area contributed by atoms with Crippen LogP contribution in [0.2, 0.25) is 0 Å². The highest BCUT2D eigenvalue weighted by Crippen LogP contribution is 2.36. The first kappa shape index (κ1) is 23.3. The average Bonchev–Trinajstić information content (AvgIpc) is 2.69. The summed E-state index contributed by atoms with van der Waals surface area (Å²) in [4.78, 5) is 0. The SMILES string of the molecule is CC1COc2ccc(C(C)(C)C)cc2OCCCOc2ccc(C(C)(C)C)cc2OC1. The lowest BCUT2D eigenvalue weighted by atomic mass is 9.87. The van der Waals surface area contributed by atoms with E-state index in [-0.39, 0.29) is 16.7 Å². The van der Waals surface area contributed by atoms with E-state index >= 15 is 0 Å². The van der Waals surface area contributed by atoms with Gasteiger partial charge in [-0.3, -0.25) is 0 Å². The molecule has 0 saturated carbocycles. The Hall–Kier alpha value is -2.36. The fraction of sp³-hybridized carbons (Fsp3) is 0.556. The Morgan fingerprint density at radius 3 is 1.55 bits per heavy atom. The molecule has 2 aromatic carbocycles. The summed E-state index contributed by atoms with van der Waals surface area (Å²) in [5, 5.41) is 0. The molecule has 1 aliphatic rings. The number of hydrogen-bond donors (Lipinski definition) is 0. The molecule has 1 unspecified atom stereocenters. The number of benzene rings is 2.